The summed E-state index contributed by atoms with van der Waals surface area (Å²) < 4.78 is 17.4. The summed E-state index contributed by atoms with van der Waals surface area (Å²) in [6.07, 6.45) is 1.64. The molecule has 0 radical (unpaired) electrons. The van der Waals surface area contributed by atoms with Crippen LogP contribution in [0.5, 0.6) is 17.2 Å². The highest BCUT2D eigenvalue weighted by Crippen LogP contribution is 2.35. The van der Waals surface area contributed by atoms with Crippen molar-refractivity contribution in [2.24, 2.45) is 0 Å². The number of ether oxygens (including phenoxy) is 3. The van der Waals surface area contributed by atoms with Crippen molar-refractivity contribution in [1.82, 2.24) is 9.55 Å². The van der Waals surface area contributed by atoms with Gasteiger partial charge in [0, 0.05) is 29.2 Å². The summed E-state index contributed by atoms with van der Waals surface area (Å²) in [4.78, 5) is 31.4. The van der Waals surface area contributed by atoms with Gasteiger partial charge in [0.2, 0.25) is 12.7 Å². The van der Waals surface area contributed by atoms with Gasteiger partial charge in [-0.05, 0) is 29.8 Å². The zero-order valence-corrected chi connectivity index (χ0v) is 20.4. The highest BCUT2D eigenvalue weighted by atomic mass is 32.2. The average molecular weight is 508 g/mol. The van der Waals surface area contributed by atoms with Gasteiger partial charge in [0.25, 0.3) is 5.56 Å². The normalized spacial score (nSPS) is 12.0. The van der Waals surface area contributed by atoms with E-state index >= 15 is 0 Å². The Morgan fingerprint density at radius 1 is 1.26 bits per heavy atom. The van der Waals surface area contributed by atoms with Crippen LogP contribution in [0.1, 0.15) is 0 Å². The van der Waals surface area contributed by atoms with E-state index in [1.807, 2.05) is 29.6 Å². The number of nitrogens with zero attached hydrogens (tertiary/aromatic N) is 2. The van der Waals surface area contributed by atoms with Crippen LogP contribution in [0.3, 0.4) is 0 Å². The first-order valence-corrected chi connectivity index (χ1v) is 12.5. The Kier molecular flexibility index (Phi) is 6.47. The molecule has 0 aliphatic carbocycles. The number of methoxy groups -OCH3 is 1. The summed E-state index contributed by atoms with van der Waals surface area (Å²) in [5, 5.41) is 5.79. The molecule has 8 nitrogen and oxygen atoms in total. The Balaban J connectivity index is 1.39. The van der Waals surface area contributed by atoms with Gasteiger partial charge < -0.3 is 19.5 Å². The lowest BCUT2D eigenvalue weighted by molar-refractivity contribution is -0.113. The molecule has 0 unspecified atom stereocenters. The summed E-state index contributed by atoms with van der Waals surface area (Å²) in [6.45, 7) is 4.23. The summed E-state index contributed by atoms with van der Waals surface area (Å²) in [5.74, 6) is 1.84. The number of nitrogens with one attached hydrogen (secondary N) is 1. The van der Waals surface area contributed by atoms with Gasteiger partial charge in [-0.2, -0.15) is 0 Å². The van der Waals surface area contributed by atoms with Crippen molar-refractivity contribution in [3.8, 4) is 28.4 Å². The molecule has 3 heterocycles. The SMILES string of the molecule is C=CCn1c(SCC(=O)Nc2ccc3c(c2)OCO3)nc2scc(-c3ccc(OC)cc3)c2c1=O. The number of carbonyl (C=O) groups is 1. The third-order valence-electron chi connectivity index (χ3n) is 5.36. The monoisotopic (exact) mass is 507 g/mol. The minimum atomic E-state index is -0.224. The van der Waals surface area contributed by atoms with E-state index in [1.54, 1.807) is 36.0 Å². The summed E-state index contributed by atoms with van der Waals surface area (Å²) in [6, 6.07) is 12.8. The third-order valence-corrected chi connectivity index (χ3v) is 7.21. The number of carbonyl (C=O) groups excluding carboxylic acids is 1. The van der Waals surface area contributed by atoms with Gasteiger partial charge >= 0.3 is 0 Å². The van der Waals surface area contributed by atoms with Crippen LogP contribution in [0.25, 0.3) is 21.3 Å². The molecule has 0 atom stereocenters. The van der Waals surface area contributed by atoms with E-state index in [0.717, 1.165) is 16.9 Å². The van der Waals surface area contributed by atoms with Gasteiger partial charge in [-0.15, -0.1) is 17.9 Å². The number of allylic oxidation sites excluding steroid dienone is 1. The molecule has 0 bridgehead atoms. The van der Waals surface area contributed by atoms with Crippen LogP contribution in [-0.2, 0) is 11.3 Å². The average Bonchev–Trinajstić information content (AvgIpc) is 3.51. The number of thiophene rings is 1. The number of thioether (sulfide) groups is 1. The third kappa shape index (κ3) is 4.62. The van der Waals surface area contributed by atoms with E-state index < -0.39 is 0 Å². The first-order chi connectivity index (χ1) is 17.1. The number of rotatable bonds is 8. The van der Waals surface area contributed by atoms with E-state index in [4.69, 9.17) is 19.2 Å². The second kappa shape index (κ2) is 9.85. The Hall–Kier alpha value is -3.76. The predicted octanol–water partition coefficient (Wildman–Crippen LogP) is 4.78. The molecule has 5 rings (SSSR count). The molecule has 2 aromatic heterocycles. The number of benzene rings is 2. The van der Waals surface area contributed by atoms with Gasteiger partial charge in [-0.3, -0.25) is 14.2 Å². The van der Waals surface area contributed by atoms with Crippen LogP contribution in [0.4, 0.5) is 5.69 Å². The fourth-order valence-corrected chi connectivity index (χ4v) is 5.49. The molecule has 0 saturated heterocycles. The lowest BCUT2D eigenvalue weighted by Crippen LogP contribution is -2.23. The molecule has 4 aromatic rings. The van der Waals surface area contributed by atoms with E-state index in [-0.39, 0.29) is 30.6 Å². The van der Waals surface area contributed by atoms with E-state index in [9.17, 15) is 9.59 Å². The fraction of sp³-hybridized carbons (Fsp3) is 0.160. The van der Waals surface area contributed by atoms with Crippen molar-refractivity contribution in [3.05, 3.63) is 70.9 Å². The second-order valence-electron chi connectivity index (χ2n) is 7.56. The van der Waals surface area contributed by atoms with Gasteiger partial charge in [-0.25, -0.2) is 4.98 Å². The zero-order chi connectivity index (χ0) is 24.4. The number of amides is 1. The number of hydrogen-bond acceptors (Lipinski definition) is 8. The number of fused-ring (bicyclic) bond motifs is 2. The molecule has 35 heavy (non-hydrogen) atoms. The number of anilines is 1. The molecule has 10 heteroatoms. The van der Waals surface area contributed by atoms with Gasteiger partial charge in [0.1, 0.15) is 10.6 Å². The summed E-state index contributed by atoms with van der Waals surface area (Å²) >= 11 is 2.61. The van der Waals surface area contributed by atoms with Crippen LogP contribution in [0.2, 0.25) is 0 Å². The van der Waals surface area contributed by atoms with Gasteiger partial charge in [0.15, 0.2) is 16.7 Å². The van der Waals surface area contributed by atoms with Crippen LogP contribution >= 0.6 is 23.1 Å². The van der Waals surface area contributed by atoms with Crippen LogP contribution in [-0.4, -0.2) is 35.1 Å². The maximum absolute atomic E-state index is 13.5. The molecular formula is C25H21N3O5S2. The molecule has 1 aliphatic heterocycles. The van der Waals surface area contributed by atoms with Crippen molar-refractivity contribution in [2.75, 3.05) is 25.0 Å². The first-order valence-electron chi connectivity index (χ1n) is 10.7. The Labute approximate surface area is 209 Å². The van der Waals surface area contributed by atoms with Crippen molar-refractivity contribution < 1.29 is 19.0 Å². The molecule has 0 spiro atoms. The minimum absolute atomic E-state index is 0.0836. The first kappa shape index (κ1) is 23.0. The van der Waals surface area contributed by atoms with Crippen LogP contribution < -0.4 is 25.1 Å². The van der Waals surface area contributed by atoms with Crippen molar-refractivity contribution in [1.29, 1.82) is 0 Å². The number of hydrogen-bond donors (Lipinski definition) is 1. The van der Waals surface area contributed by atoms with Crippen molar-refractivity contribution in [3.63, 3.8) is 0 Å². The molecule has 1 aliphatic rings. The minimum Gasteiger partial charge on any atom is -0.497 e. The Morgan fingerprint density at radius 2 is 2.06 bits per heavy atom. The van der Waals surface area contributed by atoms with Crippen LogP contribution in [0.15, 0.2) is 70.5 Å². The Bertz CT molecular complexity index is 1480. The second-order valence-corrected chi connectivity index (χ2v) is 9.36. The largest absolute Gasteiger partial charge is 0.497 e. The van der Waals surface area contributed by atoms with Crippen molar-refractivity contribution >= 4 is 44.9 Å². The quantitative estimate of drug-likeness (QED) is 0.208. The van der Waals surface area contributed by atoms with Crippen molar-refractivity contribution in [2.45, 2.75) is 11.7 Å². The van der Waals surface area contributed by atoms with E-state index in [2.05, 4.69) is 11.9 Å². The molecule has 0 saturated carbocycles. The highest BCUT2D eigenvalue weighted by Gasteiger charge is 2.19. The molecular weight excluding hydrogens is 486 g/mol. The lowest BCUT2D eigenvalue weighted by Gasteiger charge is -2.11. The number of aromatic nitrogens is 2. The van der Waals surface area contributed by atoms with Gasteiger partial charge in [-0.1, -0.05) is 30.0 Å². The molecule has 2 aromatic carbocycles. The zero-order valence-electron chi connectivity index (χ0n) is 18.8. The smallest absolute Gasteiger partial charge is 0.263 e. The highest BCUT2D eigenvalue weighted by molar-refractivity contribution is 7.99. The van der Waals surface area contributed by atoms with Gasteiger partial charge in [0.05, 0.1) is 18.2 Å². The predicted molar refractivity (Wildman–Crippen MR) is 138 cm³/mol. The topological polar surface area (TPSA) is 91.7 Å². The van der Waals surface area contributed by atoms with E-state index in [1.165, 1.54) is 23.1 Å². The Morgan fingerprint density at radius 3 is 2.83 bits per heavy atom. The maximum atomic E-state index is 13.5. The summed E-state index contributed by atoms with van der Waals surface area (Å²) in [7, 11) is 1.61. The fourth-order valence-electron chi connectivity index (χ4n) is 3.69. The summed E-state index contributed by atoms with van der Waals surface area (Å²) in [5.41, 5.74) is 2.17. The standard InChI is InChI=1S/C25H21N3O5S2/c1-3-10-28-24(30)22-18(15-4-7-17(31-2)8-5-15)12-34-23(22)27-25(28)35-13-21(29)26-16-6-9-19-20(11-16)33-14-32-19/h3-9,11-12H,1,10,13-14H2,2H3,(H,26,29). The molecule has 178 valence electrons. The lowest BCUT2D eigenvalue weighted by atomic mass is 10.1. The molecule has 1 amide bonds. The molecule has 1 N–H and O–H groups in total. The maximum Gasteiger partial charge on any atom is 0.263 e. The molecule has 0 fully saturated rings. The van der Waals surface area contributed by atoms with Crippen LogP contribution in [0, 0.1) is 0 Å². The van der Waals surface area contributed by atoms with E-state index in [0.29, 0.717) is 32.6 Å².